The molecule has 0 spiro atoms. The lowest BCUT2D eigenvalue weighted by atomic mass is 10.1. The zero-order valence-corrected chi connectivity index (χ0v) is 11.9. The molecule has 0 aromatic heterocycles. The first kappa shape index (κ1) is 14.7. The van der Waals surface area contributed by atoms with Crippen molar-refractivity contribution >= 4 is 23.0 Å². The molecule has 21 heavy (non-hydrogen) atoms. The van der Waals surface area contributed by atoms with Crippen LogP contribution in [0, 0.1) is 0 Å². The highest BCUT2D eigenvalue weighted by Crippen LogP contribution is 2.27. The first-order valence-electron chi connectivity index (χ1n) is 6.80. The first-order valence-corrected chi connectivity index (χ1v) is 6.80. The number of carbonyl (C=O) groups is 1. The molecule has 0 atom stereocenters. The minimum Gasteiger partial charge on any atom is -0.491 e. The number of benzene rings is 2. The third-order valence-corrected chi connectivity index (χ3v) is 2.91. The number of amides is 1. The Labute approximate surface area is 123 Å². The third kappa shape index (κ3) is 3.66. The van der Waals surface area contributed by atoms with Gasteiger partial charge in [-0.15, -0.1) is 0 Å². The van der Waals surface area contributed by atoms with E-state index in [1.54, 1.807) is 42.5 Å². The molecule has 0 radical (unpaired) electrons. The van der Waals surface area contributed by atoms with Gasteiger partial charge in [0.2, 0.25) is 0 Å². The second-order valence-corrected chi connectivity index (χ2v) is 4.65. The van der Waals surface area contributed by atoms with Crippen LogP contribution in [0.5, 0.6) is 5.75 Å². The van der Waals surface area contributed by atoms with Gasteiger partial charge in [-0.2, -0.15) is 0 Å². The highest BCUT2D eigenvalue weighted by atomic mass is 16.5. The van der Waals surface area contributed by atoms with Crippen molar-refractivity contribution in [1.29, 1.82) is 0 Å². The fourth-order valence-corrected chi connectivity index (χ4v) is 1.86. The Kier molecular flexibility index (Phi) is 4.66. The Morgan fingerprint density at radius 1 is 1.14 bits per heavy atom. The molecule has 5 N–H and O–H groups in total. The number of nitrogens with two attached hydrogens (primary N) is 2. The molecule has 1 amide bonds. The molecule has 0 bridgehead atoms. The molecule has 0 unspecified atom stereocenters. The molecule has 0 aliphatic carbocycles. The zero-order chi connectivity index (χ0) is 15.2. The summed E-state index contributed by atoms with van der Waals surface area (Å²) in [4.78, 5) is 12.4. The summed E-state index contributed by atoms with van der Waals surface area (Å²) in [5, 5.41) is 2.80. The lowest BCUT2D eigenvalue weighted by molar-refractivity contribution is 0.102. The molecule has 110 valence electrons. The summed E-state index contributed by atoms with van der Waals surface area (Å²) >= 11 is 0. The van der Waals surface area contributed by atoms with Gasteiger partial charge in [0, 0.05) is 11.4 Å². The number of hydrogen-bond acceptors (Lipinski definition) is 4. The summed E-state index contributed by atoms with van der Waals surface area (Å²) in [7, 11) is 0. The molecule has 0 saturated carbocycles. The van der Waals surface area contributed by atoms with Gasteiger partial charge in [0.1, 0.15) is 0 Å². The van der Waals surface area contributed by atoms with Crippen LogP contribution in [-0.2, 0) is 0 Å². The molecule has 2 aromatic rings. The summed E-state index contributed by atoms with van der Waals surface area (Å²) in [6.45, 7) is 2.50. The van der Waals surface area contributed by atoms with E-state index >= 15 is 0 Å². The van der Waals surface area contributed by atoms with Crippen LogP contribution in [0.15, 0.2) is 42.5 Å². The molecule has 5 nitrogen and oxygen atoms in total. The van der Waals surface area contributed by atoms with E-state index in [0.29, 0.717) is 35.0 Å². The Morgan fingerprint density at radius 2 is 1.86 bits per heavy atom. The minimum atomic E-state index is -0.266. The van der Waals surface area contributed by atoms with Crippen LogP contribution in [0.4, 0.5) is 17.1 Å². The molecule has 0 fully saturated rings. The molecule has 0 aliphatic rings. The quantitative estimate of drug-likeness (QED) is 0.737. The predicted octanol–water partition coefficient (Wildman–Crippen LogP) is 2.89. The molecule has 2 aromatic carbocycles. The summed E-state index contributed by atoms with van der Waals surface area (Å²) < 4.78 is 5.59. The number of rotatable bonds is 5. The fraction of sp³-hybridized carbons (Fsp3) is 0.188. The molecule has 0 heterocycles. The second-order valence-electron chi connectivity index (χ2n) is 4.65. The maximum atomic E-state index is 12.4. The largest absolute Gasteiger partial charge is 0.491 e. The van der Waals surface area contributed by atoms with E-state index in [1.807, 2.05) is 6.92 Å². The van der Waals surface area contributed by atoms with E-state index in [2.05, 4.69) is 5.32 Å². The summed E-state index contributed by atoms with van der Waals surface area (Å²) in [6.07, 6.45) is 0.841. The van der Waals surface area contributed by atoms with E-state index in [1.165, 1.54) is 0 Å². The van der Waals surface area contributed by atoms with Crippen molar-refractivity contribution in [1.82, 2.24) is 0 Å². The van der Waals surface area contributed by atoms with Crippen LogP contribution in [0.1, 0.15) is 23.7 Å². The molecular formula is C16H19N3O2. The SMILES string of the molecule is CCCOc1c(N)cccc1C(=O)Nc1ccc(N)cc1. The fourth-order valence-electron chi connectivity index (χ4n) is 1.86. The lowest BCUT2D eigenvalue weighted by Gasteiger charge is -2.13. The number of para-hydroxylation sites is 1. The Hall–Kier alpha value is -2.69. The van der Waals surface area contributed by atoms with Gasteiger partial charge in [0.05, 0.1) is 17.9 Å². The van der Waals surface area contributed by atoms with Crippen molar-refractivity contribution in [3.05, 3.63) is 48.0 Å². The van der Waals surface area contributed by atoms with E-state index in [4.69, 9.17) is 16.2 Å². The Bertz CT molecular complexity index is 624. The lowest BCUT2D eigenvalue weighted by Crippen LogP contribution is -2.15. The summed E-state index contributed by atoms with van der Waals surface area (Å²) in [5.74, 6) is 0.158. The number of nitrogens with one attached hydrogen (secondary N) is 1. The predicted molar refractivity (Wildman–Crippen MR) is 85.4 cm³/mol. The van der Waals surface area contributed by atoms with Gasteiger partial charge in [0.15, 0.2) is 5.75 Å². The number of nitrogen functional groups attached to an aromatic ring is 2. The van der Waals surface area contributed by atoms with Crippen LogP contribution < -0.4 is 21.5 Å². The van der Waals surface area contributed by atoms with Crippen LogP contribution >= 0.6 is 0 Å². The number of anilines is 3. The van der Waals surface area contributed by atoms with E-state index in [0.717, 1.165) is 6.42 Å². The van der Waals surface area contributed by atoms with Gasteiger partial charge in [-0.1, -0.05) is 13.0 Å². The monoisotopic (exact) mass is 285 g/mol. The van der Waals surface area contributed by atoms with Crippen LogP contribution in [-0.4, -0.2) is 12.5 Å². The van der Waals surface area contributed by atoms with E-state index in [-0.39, 0.29) is 5.91 Å². The van der Waals surface area contributed by atoms with Gasteiger partial charge in [-0.25, -0.2) is 0 Å². The van der Waals surface area contributed by atoms with Gasteiger partial charge in [-0.05, 0) is 42.8 Å². The molecule has 5 heteroatoms. The van der Waals surface area contributed by atoms with E-state index < -0.39 is 0 Å². The van der Waals surface area contributed by atoms with Crippen molar-refractivity contribution in [2.75, 3.05) is 23.4 Å². The summed E-state index contributed by atoms with van der Waals surface area (Å²) in [5.41, 5.74) is 13.7. The molecule has 0 saturated heterocycles. The van der Waals surface area contributed by atoms with E-state index in [9.17, 15) is 4.79 Å². The average Bonchev–Trinajstić information content (AvgIpc) is 2.48. The normalized spacial score (nSPS) is 10.1. The topological polar surface area (TPSA) is 90.4 Å². The van der Waals surface area contributed by atoms with Crippen LogP contribution in [0.25, 0.3) is 0 Å². The standard InChI is InChI=1S/C16H19N3O2/c1-2-10-21-15-13(4-3-5-14(15)18)16(20)19-12-8-6-11(17)7-9-12/h3-9H,2,10,17-18H2,1H3,(H,19,20). The number of hydrogen-bond donors (Lipinski definition) is 3. The van der Waals surface area contributed by atoms with Crippen molar-refractivity contribution < 1.29 is 9.53 Å². The molecular weight excluding hydrogens is 266 g/mol. The van der Waals surface area contributed by atoms with Crippen molar-refractivity contribution in [3.63, 3.8) is 0 Å². The van der Waals surface area contributed by atoms with Gasteiger partial charge >= 0.3 is 0 Å². The van der Waals surface area contributed by atoms with Gasteiger partial charge in [-0.3, -0.25) is 4.79 Å². The molecule has 0 aliphatic heterocycles. The van der Waals surface area contributed by atoms with Crippen molar-refractivity contribution in [3.8, 4) is 5.75 Å². The Balaban J connectivity index is 2.22. The van der Waals surface area contributed by atoms with Crippen molar-refractivity contribution in [2.24, 2.45) is 0 Å². The second kappa shape index (κ2) is 6.65. The average molecular weight is 285 g/mol. The smallest absolute Gasteiger partial charge is 0.259 e. The van der Waals surface area contributed by atoms with Gasteiger partial charge < -0.3 is 21.5 Å². The highest BCUT2D eigenvalue weighted by Gasteiger charge is 2.15. The van der Waals surface area contributed by atoms with Crippen LogP contribution in [0.2, 0.25) is 0 Å². The number of ether oxygens (including phenoxy) is 1. The maximum absolute atomic E-state index is 12.4. The maximum Gasteiger partial charge on any atom is 0.259 e. The highest BCUT2D eigenvalue weighted by molar-refractivity contribution is 6.07. The zero-order valence-electron chi connectivity index (χ0n) is 11.9. The summed E-state index contributed by atoms with van der Waals surface area (Å²) in [6, 6.07) is 12.1. The first-order chi connectivity index (χ1) is 10.1. The van der Waals surface area contributed by atoms with Crippen molar-refractivity contribution in [2.45, 2.75) is 13.3 Å². The Morgan fingerprint density at radius 3 is 2.52 bits per heavy atom. The van der Waals surface area contributed by atoms with Gasteiger partial charge in [0.25, 0.3) is 5.91 Å². The number of carbonyl (C=O) groups excluding carboxylic acids is 1. The third-order valence-electron chi connectivity index (χ3n) is 2.91. The minimum absolute atomic E-state index is 0.266. The van der Waals surface area contributed by atoms with Crippen LogP contribution in [0.3, 0.4) is 0 Å². The molecule has 2 rings (SSSR count).